The number of nitrogen functional groups attached to an aromatic ring is 1. The molecule has 1 aliphatic rings. The predicted molar refractivity (Wildman–Crippen MR) is 71.5 cm³/mol. The largest absolute Gasteiger partial charge is 0.411 e. The van der Waals surface area contributed by atoms with E-state index in [-0.39, 0.29) is 18.9 Å². The molecule has 0 saturated heterocycles. The number of rotatable bonds is 4. The summed E-state index contributed by atoms with van der Waals surface area (Å²) >= 11 is 0. The Bertz CT molecular complexity index is 517. The van der Waals surface area contributed by atoms with E-state index in [1.165, 1.54) is 0 Å². The van der Waals surface area contributed by atoms with Crippen LogP contribution in [0.15, 0.2) is 18.2 Å². The van der Waals surface area contributed by atoms with Crippen molar-refractivity contribution >= 4 is 11.6 Å². The lowest BCUT2D eigenvalue weighted by Crippen LogP contribution is -2.36. The first kappa shape index (κ1) is 15.6. The van der Waals surface area contributed by atoms with Gasteiger partial charge in [-0.15, -0.1) is 0 Å². The fourth-order valence-corrected chi connectivity index (χ4v) is 2.36. The summed E-state index contributed by atoms with van der Waals surface area (Å²) in [5, 5.41) is 0. The summed E-state index contributed by atoms with van der Waals surface area (Å²) in [6.45, 7) is -0.573. The third-order valence-corrected chi connectivity index (χ3v) is 3.38. The summed E-state index contributed by atoms with van der Waals surface area (Å²) in [4.78, 5) is 13.6. The van der Waals surface area contributed by atoms with Crippen molar-refractivity contribution < 1.29 is 22.7 Å². The summed E-state index contributed by atoms with van der Waals surface area (Å²) in [5.41, 5.74) is 8.63. The molecule has 1 aliphatic heterocycles. The number of anilines is 1. The molecule has 0 radical (unpaired) electrons. The highest BCUT2D eigenvalue weighted by molar-refractivity contribution is 5.76. The lowest BCUT2D eigenvalue weighted by molar-refractivity contribution is -0.175. The van der Waals surface area contributed by atoms with E-state index in [1.807, 2.05) is 18.2 Å². The molecule has 21 heavy (non-hydrogen) atoms. The van der Waals surface area contributed by atoms with Gasteiger partial charge < -0.3 is 15.4 Å². The highest BCUT2D eigenvalue weighted by Gasteiger charge is 2.28. The van der Waals surface area contributed by atoms with Gasteiger partial charge in [-0.2, -0.15) is 13.2 Å². The van der Waals surface area contributed by atoms with Crippen molar-refractivity contribution in [2.24, 2.45) is 0 Å². The minimum absolute atomic E-state index is 0.0479. The Morgan fingerprint density at radius 1 is 1.38 bits per heavy atom. The molecule has 2 rings (SSSR count). The van der Waals surface area contributed by atoms with Crippen molar-refractivity contribution in [3.05, 3.63) is 29.3 Å². The van der Waals surface area contributed by atoms with Gasteiger partial charge in [0.05, 0.1) is 13.0 Å². The summed E-state index contributed by atoms with van der Waals surface area (Å²) in [6, 6.07) is 5.56. The second kappa shape index (κ2) is 6.34. The number of ether oxygens (including phenoxy) is 1. The number of benzene rings is 1. The molecule has 0 fully saturated rings. The van der Waals surface area contributed by atoms with Crippen molar-refractivity contribution in [1.29, 1.82) is 0 Å². The average molecular weight is 302 g/mol. The Balaban J connectivity index is 1.82. The van der Waals surface area contributed by atoms with Crippen LogP contribution in [0.4, 0.5) is 18.9 Å². The summed E-state index contributed by atoms with van der Waals surface area (Å²) in [5.74, 6) is -0.203. The van der Waals surface area contributed by atoms with E-state index in [4.69, 9.17) is 5.73 Å². The summed E-state index contributed by atoms with van der Waals surface area (Å²) in [7, 11) is 0. The molecule has 0 saturated carbocycles. The number of nitrogens with two attached hydrogens (primary N) is 1. The standard InChI is InChI=1S/C14H17F3N2O2/c15-14(16,17)9-21-7-5-13(20)19-6-4-11-10(8-19)2-1-3-12(11)18/h1-3H,4-9,18H2. The Morgan fingerprint density at radius 3 is 2.86 bits per heavy atom. The van der Waals surface area contributed by atoms with E-state index in [1.54, 1.807) is 4.90 Å². The van der Waals surface area contributed by atoms with Gasteiger partial charge >= 0.3 is 6.18 Å². The smallest absolute Gasteiger partial charge is 0.398 e. The van der Waals surface area contributed by atoms with Crippen LogP contribution in [0, 0.1) is 0 Å². The Labute approximate surface area is 120 Å². The summed E-state index contributed by atoms with van der Waals surface area (Å²) in [6.07, 6.45) is -3.74. The zero-order valence-corrected chi connectivity index (χ0v) is 11.4. The van der Waals surface area contributed by atoms with Crippen LogP contribution in [0.1, 0.15) is 17.5 Å². The first-order chi connectivity index (χ1) is 9.87. The number of fused-ring (bicyclic) bond motifs is 1. The molecule has 1 amide bonds. The number of hydrogen-bond donors (Lipinski definition) is 1. The normalized spacial score (nSPS) is 14.9. The average Bonchev–Trinajstić information content (AvgIpc) is 2.42. The lowest BCUT2D eigenvalue weighted by atomic mass is 9.98. The van der Waals surface area contributed by atoms with E-state index in [2.05, 4.69) is 4.74 Å². The zero-order valence-electron chi connectivity index (χ0n) is 11.4. The number of nitrogens with zero attached hydrogens (tertiary/aromatic N) is 1. The van der Waals surface area contributed by atoms with Crippen LogP contribution >= 0.6 is 0 Å². The minimum Gasteiger partial charge on any atom is -0.398 e. The Hall–Kier alpha value is -1.76. The quantitative estimate of drug-likeness (QED) is 0.685. The number of carbonyl (C=O) groups excluding carboxylic acids is 1. The van der Waals surface area contributed by atoms with Gasteiger partial charge in [0.25, 0.3) is 0 Å². The molecule has 1 aromatic rings. The van der Waals surface area contributed by atoms with Gasteiger partial charge in [0.15, 0.2) is 0 Å². The van der Waals surface area contributed by atoms with Crippen molar-refractivity contribution in [2.75, 3.05) is 25.5 Å². The third-order valence-electron chi connectivity index (χ3n) is 3.38. The molecule has 4 nitrogen and oxygen atoms in total. The van der Waals surface area contributed by atoms with Gasteiger partial charge in [-0.25, -0.2) is 0 Å². The highest BCUT2D eigenvalue weighted by atomic mass is 19.4. The molecule has 2 N–H and O–H groups in total. The molecule has 0 unspecified atom stereocenters. The van der Waals surface area contributed by atoms with Crippen LogP contribution in [-0.4, -0.2) is 36.7 Å². The maximum Gasteiger partial charge on any atom is 0.411 e. The van der Waals surface area contributed by atoms with Crippen molar-refractivity contribution in [3.8, 4) is 0 Å². The molecule has 0 aliphatic carbocycles. The Morgan fingerprint density at radius 2 is 2.14 bits per heavy atom. The molecule has 1 aromatic carbocycles. The number of amides is 1. The second-order valence-electron chi connectivity index (χ2n) is 4.97. The fourth-order valence-electron chi connectivity index (χ4n) is 2.36. The first-order valence-corrected chi connectivity index (χ1v) is 6.65. The monoisotopic (exact) mass is 302 g/mol. The number of alkyl halides is 3. The van der Waals surface area contributed by atoms with Crippen LogP contribution in [0.3, 0.4) is 0 Å². The molecule has 1 heterocycles. The maximum absolute atomic E-state index is 12.0. The van der Waals surface area contributed by atoms with Gasteiger partial charge in [0.2, 0.25) is 5.91 Å². The van der Waals surface area contributed by atoms with Crippen LogP contribution < -0.4 is 5.73 Å². The van der Waals surface area contributed by atoms with E-state index < -0.39 is 12.8 Å². The van der Waals surface area contributed by atoms with Gasteiger partial charge in [-0.1, -0.05) is 12.1 Å². The topological polar surface area (TPSA) is 55.6 Å². The fraction of sp³-hybridized carbons (Fsp3) is 0.500. The molecule has 0 spiro atoms. The number of carbonyl (C=O) groups is 1. The number of hydrogen-bond acceptors (Lipinski definition) is 3. The third kappa shape index (κ3) is 4.35. The van der Waals surface area contributed by atoms with Gasteiger partial charge in [0.1, 0.15) is 6.61 Å². The van der Waals surface area contributed by atoms with E-state index in [0.29, 0.717) is 25.2 Å². The SMILES string of the molecule is Nc1cccc2c1CCN(C(=O)CCOCC(F)(F)F)C2. The number of halogens is 3. The van der Waals surface area contributed by atoms with E-state index in [0.717, 1.165) is 11.1 Å². The molecule has 7 heteroatoms. The van der Waals surface area contributed by atoms with Crippen LogP contribution in [0.25, 0.3) is 0 Å². The predicted octanol–water partition coefficient (Wildman–Crippen LogP) is 2.12. The van der Waals surface area contributed by atoms with Gasteiger partial charge in [-0.3, -0.25) is 4.79 Å². The maximum atomic E-state index is 12.0. The first-order valence-electron chi connectivity index (χ1n) is 6.65. The lowest BCUT2D eigenvalue weighted by Gasteiger charge is -2.29. The van der Waals surface area contributed by atoms with Crippen molar-refractivity contribution in [3.63, 3.8) is 0 Å². The van der Waals surface area contributed by atoms with Crippen LogP contribution in [0.5, 0.6) is 0 Å². The van der Waals surface area contributed by atoms with Crippen LogP contribution in [-0.2, 0) is 22.5 Å². The zero-order chi connectivity index (χ0) is 15.5. The van der Waals surface area contributed by atoms with Gasteiger partial charge in [-0.05, 0) is 23.6 Å². The molecular formula is C14H17F3N2O2. The van der Waals surface area contributed by atoms with Crippen LogP contribution in [0.2, 0.25) is 0 Å². The van der Waals surface area contributed by atoms with Crippen molar-refractivity contribution in [1.82, 2.24) is 4.90 Å². The molecule has 116 valence electrons. The second-order valence-corrected chi connectivity index (χ2v) is 4.97. The van der Waals surface area contributed by atoms with Crippen molar-refractivity contribution in [2.45, 2.75) is 25.6 Å². The highest BCUT2D eigenvalue weighted by Crippen LogP contribution is 2.24. The summed E-state index contributed by atoms with van der Waals surface area (Å²) < 4.78 is 40.2. The molecular weight excluding hydrogens is 285 g/mol. The molecule has 0 atom stereocenters. The molecule has 0 aromatic heterocycles. The minimum atomic E-state index is -4.36. The Kier molecular flexibility index (Phi) is 4.72. The van der Waals surface area contributed by atoms with Gasteiger partial charge in [0, 0.05) is 18.8 Å². The van der Waals surface area contributed by atoms with E-state index in [9.17, 15) is 18.0 Å². The molecule has 0 bridgehead atoms. The van der Waals surface area contributed by atoms with E-state index >= 15 is 0 Å².